The zero-order chi connectivity index (χ0) is 23.4. The normalized spacial score (nSPS) is 18.4. The lowest BCUT2D eigenvalue weighted by Gasteiger charge is -2.42. The lowest BCUT2D eigenvalue weighted by atomic mass is 9.73. The standard InChI is InChI=1S/C26H31N5O2/c1-18(2)29-25(33)26(11-6-12-31(16-26)24(32)23-27-17-28-30-23)15-20-8-5-10-22(14-20)21-9-4-7-19(3)13-21/h4-5,7-10,13-14,17-18H,6,11-12,15-16H2,1-3H3,(H,29,33)(H,27,28,30)/t26-/m1/s1. The Bertz CT molecular complexity index is 1130. The number of carbonyl (C=O) groups is 2. The maximum Gasteiger partial charge on any atom is 0.291 e. The largest absolute Gasteiger partial charge is 0.353 e. The van der Waals surface area contributed by atoms with E-state index in [0.717, 1.165) is 29.5 Å². The third-order valence-corrected chi connectivity index (χ3v) is 6.20. The first-order valence-electron chi connectivity index (χ1n) is 11.5. The molecule has 7 nitrogen and oxygen atoms in total. The van der Waals surface area contributed by atoms with Crippen LogP contribution >= 0.6 is 0 Å². The third-order valence-electron chi connectivity index (χ3n) is 6.20. The zero-order valence-electron chi connectivity index (χ0n) is 19.5. The first-order chi connectivity index (χ1) is 15.9. The number of H-pyrrole nitrogens is 1. The number of amides is 2. The Morgan fingerprint density at radius 3 is 2.61 bits per heavy atom. The average molecular weight is 446 g/mol. The molecule has 0 unspecified atom stereocenters. The molecule has 0 bridgehead atoms. The molecule has 2 N–H and O–H groups in total. The van der Waals surface area contributed by atoms with Crippen molar-refractivity contribution >= 4 is 11.8 Å². The Labute approximate surface area is 194 Å². The van der Waals surface area contributed by atoms with E-state index < -0.39 is 5.41 Å². The van der Waals surface area contributed by atoms with Crippen LogP contribution < -0.4 is 5.32 Å². The van der Waals surface area contributed by atoms with Crippen LogP contribution in [0.15, 0.2) is 54.9 Å². The second-order valence-corrected chi connectivity index (χ2v) is 9.32. The fraction of sp³-hybridized carbons (Fsp3) is 0.385. The van der Waals surface area contributed by atoms with E-state index in [4.69, 9.17) is 0 Å². The Kier molecular flexibility index (Phi) is 6.58. The molecule has 4 rings (SSSR count). The minimum Gasteiger partial charge on any atom is -0.353 e. The summed E-state index contributed by atoms with van der Waals surface area (Å²) in [6.07, 6.45) is 3.36. The van der Waals surface area contributed by atoms with Crippen LogP contribution in [0.25, 0.3) is 11.1 Å². The van der Waals surface area contributed by atoms with Crippen molar-refractivity contribution in [1.29, 1.82) is 0 Å². The first kappa shape index (κ1) is 22.7. The van der Waals surface area contributed by atoms with Gasteiger partial charge >= 0.3 is 0 Å². The van der Waals surface area contributed by atoms with Crippen molar-refractivity contribution in [2.24, 2.45) is 5.41 Å². The third kappa shape index (κ3) is 5.13. The Balaban J connectivity index is 1.64. The van der Waals surface area contributed by atoms with Crippen LogP contribution in [0.5, 0.6) is 0 Å². The predicted octanol–water partition coefficient (Wildman–Crippen LogP) is 3.77. The number of aromatic nitrogens is 3. The number of hydrogen-bond donors (Lipinski definition) is 2. The van der Waals surface area contributed by atoms with Crippen LogP contribution in [0.3, 0.4) is 0 Å². The van der Waals surface area contributed by atoms with Crippen molar-refractivity contribution in [2.45, 2.75) is 46.1 Å². The van der Waals surface area contributed by atoms with Gasteiger partial charge in [0.2, 0.25) is 11.7 Å². The van der Waals surface area contributed by atoms with E-state index in [2.05, 4.69) is 69.9 Å². The van der Waals surface area contributed by atoms with Gasteiger partial charge in [0.25, 0.3) is 5.91 Å². The highest BCUT2D eigenvalue weighted by Crippen LogP contribution is 2.36. The van der Waals surface area contributed by atoms with Gasteiger partial charge in [0, 0.05) is 19.1 Å². The first-order valence-corrected chi connectivity index (χ1v) is 11.5. The maximum atomic E-state index is 13.5. The van der Waals surface area contributed by atoms with Crippen LogP contribution in [0.2, 0.25) is 0 Å². The minimum atomic E-state index is -0.705. The molecule has 1 saturated heterocycles. The van der Waals surface area contributed by atoms with E-state index in [-0.39, 0.29) is 23.7 Å². The molecule has 0 spiro atoms. The van der Waals surface area contributed by atoms with Gasteiger partial charge < -0.3 is 10.2 Å². The fourth-order valence-electron chi connectivity index (χ4n) is 4.66. The van der Waals surface area contributed by atoms with Gasteiger partial charge in [-0.3, -0.25) is 14.7 Å². The van der Waals surface area contributed by atoms with E-state index in [1.807, 2.05) is 19.9 Å². The number of nitrogens with zero attached hydrogens (tertiary/aromatic N) is 3. The number of nitrogens with one attached hydrogen (secondary N) is 2. The van der Waals surface area contributed by atoms with Crippen molar-refractivity contribution in [3.63, 3.8) is 0 Å². The van der Waals surface area contributed by atoms with Crippen LogP contribution in [0, 0.1) is 12.3 Å². The van der Waals surface area contributed by atoms with Gasteiger partial charge in [0.15, 0.2) is 0 Å². The van der Waals surface area contributed by atoms with Gasteiger partial charge in [-0.15, -0.1) is 0 Å². The highest BCUT2D eigenvalue weighted by molar-refractivity contribution is 5.91. The predicted molar refractivity (Wildman–Crippen MR) is 128 cm³/mol. The number of aryl methyl sites for hydroxylation is 1. The molecule has 1 aromatic heterocycles. The molecule has 2 amide bonds. The SMILES string of the molecule is Cc1cccc(-c2cccc(C[C@]3(C(=O)NC(C)C)CCCN(C(=O)c4ncn[nH]4)C3)c2)c1. The molecular weight excluding hydrogens is 414 g/mol. The van der Waals surface area contributed by atoms with Gasteiger partial charge in [-0.1, -0.05) is 54.1 Å². The van der Waals surface area contributed by atoms with E-state index >= 15 is 0 Å². The molecular formula is C26H31N5O2. The average Bonchev–Trinajstić information content (AvgIpc) is 3.33. The Morgan fingerprint density at radius 2 is 1.91 bits per heavy atom. The summed E-state index contributed by atoms with van der Waals surface area (Å²) in [5.41, 5.74) is 3.87. The van der Waals surface area contributed by atoms with Crippen molar-refractivity contribution in [2.75, 3.05) is 13.1 Å². The number of rotatable bonds is 6. The molecule has 1 aliphatic heterocycles. The van der Waals surface area contributed by atoms with Crippen molar-refractivity contribution in [1.82, 2.24) is 25.4 Å². The molecule has 0 saturated carbocycles. The minimum absolute atomic E-state index is 0.00599. The van der Waals surface area contributed by atoms with Gasteiger partial charge in [-0.2, -0.15) is 5.10 Å². The van der Waals surface area contributed by atoms with Crippen LogP contribution in [0.1, 0.15) is 48.4 Å². The van der Waals surface area contributed by atoms with E-state index in [1.54, 1.807) is 4.90 Å². The molecule has 7 heteroatoms. The quantitative estimate of drug-likeness (QED) is 0.604. The number of piperidine rings is 1. The number of carbonyl (C=O) groups excluding carboxylic acids is 2. The summed E-state index contributed by atoms with van der Waals surface area (Å²) in [7, 11) is 0. The zero-order valence-corrected chi connectivity index (χ0v) is 19.5. The number of likely N-dealkylation sites (tertiary alicyclic amines) is 1. The molecule has 1 atom stereocenters. The van der Waals surface area contributed by atoms with Crippen LogP contribution in [-0.2, 0) is 11.2 Å². The molecule has 1 fully saturated rings. The Hall–Kier alpha value is -3.48. The van der Waals surface area contributed by atoms with E-state index in [1.165, 1.54) is 11.9 Å². The topological polar surface area (TPSA) is 91.0 Å². The second-order valence-electron chi connectivity index (χ2n) is 9.32. The van der Waals surface area contributed by atoms with E-state index in [9.17, 15) is 9.59 Å². The molecule has 2 aromatic carbocycles. The maximum absolute atomic E-state index is 13.5. The number of benzene rings is 2. The highest BCUT2D eigenvalue weighted by Gasteiger charge is 2.44. The summed E-state index contributed by atoms with van der Waals surface area (Å²) in [5.74, 6) is -0.0209. The summed E-state index contributed by atoms with van der Waals surface area (Å²) < 4.78 is 0. The molecule has 0 radical (unpaired) electrons. The summed E-state index contributed by atoms with van der Waals surface area (Å²) >= 11 is 0. The van der Waals surface area contributed by atoms with Crippen molar-refractivity contribution in [3.05, 3.63) is 71.8 Å². The lowest BCUT2D eigenvalue weighted by molar-refractivity contribution is -0.134. The van der Waals surface area contributed by atoms with Gasteiger partial charge in [0.05, 0.1) is 5.41 Å². The molecule has 3 aromatic rings. The molecule has 33 heavy (non-hydrogen) atoms. The number of aromatic amines is 1. The molecule has 172 valence electrons. The van der Waals surface area contributed by atoms with Gasteiger partial charge in [-0.25, -0.2) is 4.98 Å². The van der Waals surface area contributed by atoms with Crippen molar-refractivity contribution < 1.29 is 9.59 Å². The summed E-state index contributed by atoms with van der Waals surface area (Å²) in [5, 5.41) is 9.56. The van der Waals surface area contributed by atoms with E-state index in [0.29, 0.717) is 19.5 Å². The molecule has 2 heterocycles. The van der Waals surface area contributed by atoms with Gasteiger partial charge in [-0.05, 0) is 56.7 Å². The smallest absolute Gasteiger partial charge is 0.291 e. The van der Waals surface area contributed by atoms with Crippen LogP contribution in [-0.4, -0.2) is 51.0 Å². The Morgan fingerprint density at radius 1 is 1.15 bits per heavy atom. The summed E-state index contributed by atoms with van der Waals surface area (Å²) in [6.45, 7) is 6.95. The summed E-state index contributed by atoms with van der Waals surface area (Å²) in [4.78, 5) is 32.2. The monoisotopic (exact) mass is 445 g/mol. The number of hydrogen-bond acceptors (Lipinski definition) is 4. The van der Waals surface area contributed by atoms with Gasteiger partial charge in [0.1, 0.15) is 6.33 Å². The van der Waals surface area contributed by atoms with Crippen LogP contribution in [0.4, 0.5) is 0 Å². The van der Waals surface area contributed by atoms with Crippen molar-refractivity contribution in [3.8, 4) is 11.1 Å². The highest BCUT2D eigenvalue weighted by atomic mass is 16.2. The summed E-state index contributed by atoms with van der Waals surface area (Å²) in [6, 6.07) is 16.8. The second kappa shape index (κ2) is 9.57. The lowest BCUT2D eigenvalue weighted by Crippen LogP contribution is -2.55. The molecule has 1 aliphatic rings. The fourth-order valence-corrected chi connectivity index (χ4v) is 4.66. The molecule has 0 aliphatic carbocycles.